The van der Waals surface area contributed by atoms with Crippen LogP contribution in [0.25, 0.3) is 15.5 Å². The lowest BCUT2D eigenvalue weighted by atomic mass is 9.85. The van der Waals surface area contributed by atoms with E-state index in [4.69, 9.17) is 5.73 Å². The summed E-state index contributed by atoms with van der Waals surface area (Å²) in [4.78, 5) is 0.768. The monoisotopic (exact) mass is 289 g/mol. The summed E-state index contributed by atoms with van der Waals surface area (Å²) in [5.41, 5.74) is 6.54. The van der Waals surface area contributed by atoms with E-state index in [2.05, 4.69) is 15.3 Å². The molecule has 7 heteroatoms. The molecular formula is C13H12FN5S. The first-order valence-corrected chi connectivity index (χ1v) is 7.31. The molecule has 5 nitrogen and oxygen atoms in total. The number of nitrogen functional groups attached to an aromatic ring is 1. The summed E-state index contributed by atoms with van der Waals surface area (Å²) in [6, 6.07) is 4.64. The number of aromatic nitrogens is 4. The van der Waals surface area contributed by atoms with Crippen LogP contribution in [0, 0.1) is 5.82 Å². The van der Waals surface area contributed by atoms with E-state index in [0.29, 0.717) is 5.92 Å². The highest BCUT2D eigenvalue weighted by Gasteiger charge is 2.26. The molecule has 0 amide bonds. The molecule has 102 valence electrons. The van der Waals surface area contributed by atoms with Crippen LogP contribution in [0.4, 0.5) is 10.1 Å². The van der Waals surface area contributed by atoms with Crippen molar-refractivity contribution in [1.29, 1.82) is 0 Å². The lowest BCUT2D eigenvalue weighted by Crippen LogP contribution is -2.12. The van der Waals surface area contributed by atoms with Crippen LogP contribution in [-0.4, -0.2) is 19.8 Å². The Morgan fingerprint density at radius 2 is 2.15 bits per heavy atom. The molecule has 0 atom stereocenters. The van der Waals surface area contributed by atoms with Gasteiger partial charge in [0.05, 0.1) is 5.69 Å². The Labute approximate surface area is 118 Å². The number of hydrogen-bond donors (Lipinski definition) is 1. The fourth-order valence-corrected chi connectivity index (χ4v) is 3.19. The Morgan fingerprint density at radius 1 is 1.30 bits per heavy atom. The number of hydrogen-bond acceptors (Lipinski definition) is 5. The maximum Gasteiger partial charge on any atom is 0.234 e. The van der Waals surface area contributed by atoms with Gasteiger partial charge in [-0.1, -0.05) is 17.8 Å². The van der Waals surface area contributed by atoms with Crippen molar-refractivity contribution < 1.29 is 4.39 Å². The largest absolute Gasteiger partial charge is 0.396 e. The second kappa shape index (κ2) is 4.24. The molecule has 0 bridgehead atoms. The van der Waals surface area contributed by atoms with Crippen LogP contribution >= 0.6 is 11.3 Å². The van der Waals surface area contributed by atoms with Gasteiger partial charge in [0.15, 0.2) is 5.82 Å². The lowest BCUT2D eigenvalue weighted by molar-refractivity contribution is 0.395. The summed E-state index contributed by atoms with van der Waals surface area (Å²) < 4.78 is 15.0. The maximum absolute atomic E-state index is 13.2. The van der Waals surface area contributed by atoms with Gasteiger partial charge in [-0.05, 0) is 31.0 Å². The predicted octanol–water partition coefficient (Wildman–Crippen LogP) is 2.84. The van der Waals surface area contributed by atoms with Gasteiger partial charge in [-0.15, -0.1) is 10.2 Å². The summed E-state index contributed by atoms with van der Waals surface area (Å²) in [6.45, 7) is 0. The predicted molar refractivity (Wildman–Crippen MR) is 75.1 cm³/mol. The molecule has 0 aliphatic heterocycles. The molecule has 0 spiro atoms. The van der Waals surface area contributed by atoms with Crippen molar-refractivity contribution in [3.63, 3.8) is 0 Å². The number of anilines is 1. The third-order valence-corrected chi connectivity index (χ3v) is 4.68. The summed E-state index contributed by atoms with van der Waals surface area (Å²) in [7, 11) is 0. The average Bonchev–Trinajstić information content (AvgIpc) is 2.93. The van der Waals surface area contributed by atoms with E-state index in [1.54, 1.807) is 12.1 Å². The number of benzene rings is 1. The van der Waals surface area contributed by atoms with Gasteiger partial charge in [-0.2, -0.15) is 9.61 Å². The molecule has 2 heterocycles. The van der Waals surface area contributed by atoms with Gasteiger partial charge >= 0.3 is 0 Å². The van der Waals surface area contributed by atoms with E-state index in [1.165, 1.54) is 23.8 Å². The van der Waals surface area contributed by atoms with Crippen molar-refractivity contribution in [2.24, 2.45) is 0 Å². The van der Waals surface area contributed by atoms with Crippen molar-refractivity contribution in [3.05, 3.63) is 29.8 Å². The van der Waals surface area contributed by atoms with Crippen molar-refractivity contribution >= 4 is 22.0 Å². The normalized spacial score (nSPS) is 15.7. The van der Waals surface area contributed by atoms with E-state index in [-0.39, 0.29) is 5.69 Å². The molecule has 20 heavy (non-hydrogen) atoms. The fraction of sp³-hybridized carbons (Fsp3) is 0.308. The van der Waals surface area contributed by atoms with E-state index in [1.807, 2.05) is 4.52 Å². The Balaban J connectivity index is 1.80. The lowest BCUT2D eigenvalue weighted by Gasteiger charge is -2.22. The van der Waals surface area contributed by atoms with Crippen molar-refractivity contribution in [2.45, 2.75) is 25.2 Å². The third-order valence-electron chi connectivity index (χ3n) is 3.73. The molecule has 1 aromatic carbocycles. The molecule has 1 fully saturated rings. The number of nitrogens with two attached hydrogens (primary N) is 1. The van der Waals surface area contributed by atoms with Crippen LogP contribution < -0.4 is 5.73 Å². The van der Waals surface area contributed by atoms with E-state index >= 15 is 0 Å². The van der Waals surface area contributed by atoms with Crippen molar-refractivity contribution in [2.75, 3.05) is 5.73 Å². The number of rotatable bonds is 2. The Hall–Kier alpha value is -2.02. The van der Waals surface area contributed by atoms with Gasteiger partial charge in [0.1, 0.15) is 10.8 Å². The molecule has 2 aromatic heterocycles. The standard InChI is InChI=1S/C13H12FN5S/c14-9-5-4-8(6-10(9)15)12-18-19-11(7-2-1-3-7)16-17-13(19)20-12/h4-7H,1-3,15H2. The first-order chi connectivity index (χ1) is 9.72. The quantitative estimate of drug-likeness (QED) is 0.736. The molecule has 0 unspecified atom stereocenters. The Morgan fingerprint density at radius 3 is 2.85 bits per heavy atom. The third kappa shape index (κ3) is 1.70. The van der Waals surface area contributed by atoms with Gasteiger partial charge in [-0.25, -0.2) is 4.39 Å². The Kier molecular flexibility index (Phi) is 2.50. The van der Waals surface area contributed by atoms with Crippen LogP contribution in [0.3, 0.4) is 0 Å². The maximum atomic E-state index is 13.2. The average molecular weight is 289 g/mol. The van der Waals surface area contributed by atoms with Crippen molar-refractivity contribution in [3.8, 4) is 10.6 Å². The number of nitrogens with zero attached hydrogens (tertiary/aromatic N) is 4. The smallest absolute Gasteiger partial charge is 0.234 e. The zero-order valence-electron chi connectivity index (χ0n) is 10.6. The van der Waals surface area contributed by atoms with Crippen LogP contribution in [0.2, 0.25) is 0 Å². The molecule has 0 saturated heterocycles. The summed E-state index contributed by atoms with van der Waals surface area (Å²) in [5.74, 6) is 0.994. The van der Waals surface area contributed by atoms with Gasteiger partial charge in [0.25, 0.3) is 0 Å². The van der Waals surface area contributed by atoms with Crippen LogP contribution in [0.1, 0.15) is 31.0 Å². The highest BCUT2D eigenvalue weighted by atomic mass is 32.1. The van der Waals surface area contributed by atoms with Crippen LogP contribution in [0.5, 0.6) is 0 Å². The first kappa shape index (κ1) is 11.8. The van der Waals surface area contributed by atoms with Crippen LogP contribution in [-0.2, 0) is 0 Å². The van der Waals surface area contributed by atoms with Gasteiger partial charge in [-0.3, -0.25) is 0 Å². The molecular weight excluding hydrogens is 277 g/mol. The zero-order valence-corrected chi connectivity index (χ0v) is 11.4. The topological polar surface area (TPSA) is 69.1 Å². The molecule has 1 aliphatic carbocycles. The number of halogens is 1. The van der Waals surface area contributed by atoms with Crippen molar-refractivity contribution in [1.82, 2.24) is 19.8 Å². The molecule has 3 aromatic rings. The molecule has 0 radical (unpaired) electrons. The summed E-state index contributed by atoms with van der Waals surface area (Å²) in [5, 5.41) is 13.7. The fourth-order valence-electron chi connectivity index (χ4n) is 2.35. The molecule has 2 N–H and O–H groups in total. The van der Waals surface area contributed by atoms with Gasteiger partial charge in [0, 0.05) is 11.5 Å². The minimum atomic E-state index is -0.410. The Bertz CT molecular complexity index is 789. The molecule has 1 saturated carbocycles. The molecule has 4 rings (SSSR count). The second-order valence-corrected chi connectivity index (χ2v) is 5.98. The summed E-state index contributed by atoms with van der Waals surface area (Å²) in [6.07, 6.45) is 3.54. The van der Waals surface area contributed by atoms with E-state index in [0.717, 1.165) is 34.2 Å². The number of fused-ring (bicyclic) bond motifs is 1. The molecule has 1 aliphatic rings. The first-order valence-electron chi connectivity index (χ1n) is 6.50. The zero-order chi connectivity index (χ0) is 13.7. The highest BCUT2D eigenvalue weighted by molar-refractivity contribution is 7.19. The highest BCUT2D eigenvalue weighted by Crippen LogP contribution is 2.36. The van der Waals surface area contributed by atoms with Gasteiger partial charge < -0.3 is 5.73 Å². The van der Waals surface area contributed by atoms with Crippen LogP contribution in [0.15, 0.2) is 18.2 Å². The van der Waals surface area contributed by atoms with E-state index in [9.17, 15) is 4.39 Å². The van der Waals surface area contributed by atoms with E-state index < -0.39 is 5.82 Å². The van der Waals surface area contributed by atoms with Gasteiger partial charge in [0.2, 0.25) is 4.96 Å². The SMILES string of the molecule is Nc1cc(-c2nn3c(C4CCC4)nnc3s2)ccc1F. The second-order valence-electron chi connectivity index (χ2n) is 5.02. The minimum absolute atomic E-state index is 0.132. The minimum Gasteiger partial charge on any atom is -0.396 e. The summed E-state index contributed by atoms with van der Waals surface area (Å²) >= 11 is 1.44.